The minimum atomic E-state index is -0.557. The molecular formula is C12H16O2. The number of benzene rings is 1. The van der Waals surface area contributed by atoms with Gasteiger partial charge in [0.15, 0.2) is 0 Å². The highest BCUT2D eigenvalue weighted by Gasteiger charge is 2.42. The van der Waals surface area contributed by atoms with E-state index >= 15 is 0 Å². The van der Waals surface area contributed by atoms with E-state index in [2.05, 4.69) is 13.0 Å². The fourth-order valence-corrected chi connectivity index (χ4v) is 1.66. The maximum Gasteiger partial charge on any atom is 0.119 e. The Morgan fingerprint density at radius 3 is 2.57 bits per heavy atom. The van der Waals surface area contributed by atoms with Crippen LogP contribution >= 0.6 is 0 Å². The minimum Gasteiger partial charge on any atom is -0.497 e. The zero-order valence-electron chi connectivity index (χ0n) is 8.71. The van der Waals surface area contributed by atoms with E-state index in [1.54, 1.807) is 7.11 Å². The van der Waals surface area contributed by atoms with Crippen molar-refractivity contribution < 1.29 is 9.84 Å². The van der Waals surface area contributed by atoms with E-state index < -0.39 is 5.60 Å². The van der Waals surface area contributed by atoms with Crippen LogP contribution in [0.3, 0.4) is 0 Å². The molecule has 1 saturated carbocycles. The van der Waals surface area contributed by atoms with Crippen LogP contribution in [0.2, 0.25) is 0 Å². The summed E-state index contributed by atoms with van der Waals surface area (Å²) in [7, 11) is 1.66. The van der Waals surface area contributed by atoms with Crippen LogP contribution in [-0.2, 0) is 12.0 Å². The van der Waals surface area contributed by atoms with Crippen molar-refractivity contribution in [2.75, 3.05) is 7.11 Å². The molecule has 0 amide bonds. The largest absolute Gasteiger partial charge is 0.497 e. The molecule has 1 N–H and O–H groups in total. The summed E-state index contributed by atoms with van der Waals surface area (Å²) in [5.41, 5.74) is 1.67. The first kappa shape index (κ1) is 9.53. The third-order valence-electron chi connectivity index (χ3n) is 2.87. The summed E-state index contributed by atoms with van der Waals surface area (Å²) in [6.45, 7) is 2.11. The molecule has 0 radical (unpaired) electrons. The van der Waals surface area contributed by atoms with Gasteiger partial charge in [0.1, 0.15) is 5.75 Å². The van der Waals surface area contributed by atoms with Crippen molar-refractivity contribution >= 4 is 0 Å². The van der Waals surface area contributed by atoms with Gasteiger partial charge in [-0.25, -0.2) is 0 Å². The number of aryl methyl sites for hydroxylation is 1. The number of hydrogen-bond donors (Lipinski definition) is 1. The van der Waals surface area contributed by atoms with E-state index in [1.807, 2.05) is 12.1 Å². The third kappa shape index (κ3) is 1.62. The van der Waals surface area contributed by atoms with Crippen LogP contribution in [0.25, 0.3) is 0 Å². The smallest absolute Gasteiger partial charge is 0.119 e. The molecule has 1 aliphatic rings. The van der Waals surface area contributed by atoms with Gasteiger partial charge >= 0.3 is 0 Å². The van der Waals surface area contributed by atoms with Crippen LogP contribution in [0.15, 0.2) is 18.2 Å². The molecule has 0 unspecified atom stereocenters. The van der Waals surface area contributed by atoms with Crippen LogP contribution in [0.1, 0.15) is 30.9 Å². The Labute approximate surface area is 84.5 Å². The number of rotatable bonds is 3. The van der Waals surface area contributed by atoms with Gasteiger partial charge in [-0.15, -0.1) is 0 Å². The third-order valence-corrected chi connectivity index (χ3v) is 2.87. The minimum absolute atomic E-state index is 0.557. The lowest BCUT2D eigenvalue weighted by molar-refractivity contribution is 0.151. The van der Waals surface area contributed by atoms with Gasteiger partial charge in [-0.3, -0.25) is 0 Å². The number of methoxy groups -OCH3 is 1. The van der Waals surface area contributed by atoms with Gasteiger partial charge in [-0.1, -0.05) is 13.0 Å². The molecule has 2 rings (SSSR count). The predicted octanol–water partition coefficient (Wildman–Crippen LogP) is 2.24. The Kier molecular flexibility index (Phi) is 2.23. The lowest BCUT2D eigenvalue weighted by atomic mass is 10.0. The maximum atomic E-state index is 9.98. The SMILES string of the molecule is CCc1cc(OC)cc(C2(O)CC2)c1. The van der Waals surface area contributed by atoms with Crippen LogP contribution in [0, 0.1) is 0 Å². The Morgan fingerprint density at radius 1 is 1.36 bits per heavy atom. The van der Waals surface area contributed by atoms with E-state index in [1.165, 1.54) is 5.56 Å². The molecule has 1 aromatic rings. The van der Waals surface area contributed by atoms with E-state index in [0.29, 0.717) is 0 Å². The average Bonchev–Trinajstić information content (AvgIpc) is 2.97. The van der Waals surface area contributed by atoms with Gasteiger partial charge < -0.3 is 9.84 Å². The van der Waals surface area contributed by atoms with Crippen LogP contribution in [0.4, 0.5) is 0 Å². The Morgan fingerprint density at radius 2 is 2.07 bits per heavy atom. The first-order chi connectivity index (χ1) is 6.68. The second-order valence-electron chi connectivity index (χ2n) is 3.95. The normalized spacial score (nSPS) is 17.9. The summed E-state index contributed by atoms with van der Waals surface area (Å²) < 4.78 is 5.21. The highest BCUT2D eigenvalue weighted by atomic mass is 16.5. The Balaban J connectivity index is 2.39. The molecule has 0 saturated heterocycles. The van der Waals surface area contributed by atoms with E-state index in [4.69, 9.17) is 4.74 Å². The molecule has 0 aliphatic heterocycles. The lowest BCUT2D eigenvalue weighted by Gasteiger charge is -2.12. The highest BCUT2D eigenvalue weighted by Crippen LogP contribution is 2.46. The van der Waals surface area contributed by atoms with E-state index in [9.17, 15) is 5.11 Å². The zero-order chi connectivity index (χ0) is 10.2. The fourth-order valence-electron chi connectivity index (χ4n) is 1.66. The molecule has 1 fully saturated rings. The van der Waals surface area contributed by atoms with Gasteiger partial charge in [0.05, 0.1) is 12.7 Å². The lowest BCUT2D eigenvalue weighted by Crippen LogP contribution is -2.05. The number of aliphatic hydroxyl groups is 1. The summed E-state index contributed by atoms with van der Waals surface area (Å²) in [4.78, 5) is 0. The first-order valence-electron chi connectivity index (χ1n) is 5.09. The predicted molar refractivity (Wildman–Crippen MR) is 55.5 cm³/mol. The van der Waals surface area contributed by atoms with Crippen LogP contribution in [-0.4, -0.2) is 12.2 Å². The molecule has 14 heavy (non-hydrogen) atoms. The first-order valence-corrected chi connectivity index (χ1v) is 5.09. The molecule has 2 heteroatoms. The topological polar surface area (TPSA) is 29.5 Å². The quantitative estimate of drug-likeness (QED) is 0.795. The van der Waals surface area contributed by atoms with Crippen molar-refractivity contribution in [3.8, 4) is 5.75 Å². The van der Waals surface area contributed by atoms with Crippen LogP contribution < -0.4 is 4.74 Å². The Bertz CT molecular complexity index is 318. The second-order valence-corrected chi connectivity index (χ2v) is 3.95. The summed E-state index contributed by atoms with van der Waals surface area (Å²) in [5, 5.41) is 9.98. The molecule has 76 valence electrons. The molecule has 2 nitrogen and oxygen atoms in total. The van der Waals surface area contributed by atoms with Crippen LogP contribution in [0.5, 0.6) is 5.75 Å². The Hall–Kier alpha value is -1.02. The van der Waals surface area contributed by atoms with E-state index in [0.717, 1.165) is 30.6 Å². The molecule has 1 aromatic carbocycles. The van der Waals surface area contributed by atoms with Crippen molar-refractivity contribution in [1.82, 2.24) is 0 Å². The van der Waals surface area contributed by atoms with Gasteiger partial charge in [0, 0.05) is 0 Å². The number of hydrogen-bond acceptors (Lipinski definition) is 2. The van der Waals surface area contributed by atoms with Gasteiger partial charge in [0.25, 0.3) is 0 Å². The highest BCUT2D eigenvalue weighted by molar-refractivity contribution is 5.39. The second kappa shape index (κ2) is 3.28. The molecular weight excluding hydrogens is 176 g/mol. The molecule has 0 atom stereocenters. The number of ether oxygens (including phenoxy) is 1. The van der Waals surface area contributed by atoms with Gasteiger partial charge in [-0.2, -0.15) is 0 Å². The van der Waals surface area contributed by atoms with Crippen molar-refractivity contribution in [2.24, 2.45) is 0 Å². The standard InChI is InChI=1S/C12H16O2/c1-3-9-6-10(12(13)4-5-12)8-11(7-9)14-2/h6-8,13H,3-5H2,1-2H3. The average molecular weight is 192 g/mol. The monoisotopic (exact) mass is 192 g/mol. The van der Waals surface area contributed by atoms with Gasteiger partial charge in [-0.05, 0) is 42.5 Å². The summed E-state index contributed by atoms with van der Waals surface area (Å²) in [6, 6.07) is 6.04. The molecule has 0 aromatic heterocycles. The van der Waals surface area contributed by atoms with Crippen molar-refractivity contribution in [3.05, 3.63) is 29.3 Å². The fraction of sp³-hybridized carbons (Fsp3) is 0.500. The molecule has 1 aliphatic carbocycles. The zero-order valence-corrected chi connectivity index (χ0v) is 8.71. The summed E-state index contributed by atoms with van der Waals surface area (Å²) >= 11 is 0. The summed E-state index contributed by atoms with van der Waals surface area (Å²) in [5.74, 6) is 0.847. The maximum absolute atomic E-state index is 9.98. The molecule has 0 bridgehead atoms. The van der Waals surface area contributed by atoms with Crippen molar-refractivity contribution in [2.45, 2.75) is 31.8 Å². The van der Waals surface area contributed by atoms with Crippen molar-refractivity contribution in [1.29, 1.82) is 0 Å². The van der Waals surface area contributed by atoms with Gasteiger partial charge in [0.2, 0.25) is 0 Å². The molecule has 0 spiro atoms. The van der Waals surface area contributed by atoms with E-state index in [-0.39, 0.29) is 0 Å². The molecule has 0 heterocycles. The summed E-state index contributed by atoms with van der Waals surface area (Å²) in [6.07, 6.45) is 2.73. The van der Waals surface area contributed by atoms with Crippen molar-refractivity contribution in [3.63, 3.8) is 0 Å².